The number of benzene rings is 1. The Balaban J connectivity index is 2.41. The van der Waals surface area contributed by atoms with E-state index in [2.05, 4.69) is 62.4 Å². The Morgan fingerprint density at radius 2 is 1.87 bits per heavy atom. The van der Waals surface area contributed by atoms with Crippen LogP contribution in [-0.4, -0.2) is 0 Å². The molecule has 1 aromatic carbocycles. The molecule has 1 aromatic rings. The fourth-order valence-electron chi connectivity index (χ4n) is 1.88. The van der Waals surface area contributed by atoms with Crippen LogP contribution in [0.1, 0.15) is 25.3 Å². The van der Waals surface area contributed by atoms with Crippen LogP contribution in [0.2, 0.25) is 0 Å². The van der Waals surface area contributed by atoms with Crippen LogP contribution in [0.15, 0.2) is 59.7 Å². The summed E-state index contributed by atoms with van der Waals surface area (Å²) in [6.45, 7) is 4.29. The van der Waals surface area contributed by atoms with Crippen molar-refractivity contribution in [3.8, 4) is 0 Å². The second-order valence-electron chi connectivity index (χ2n) is 4.00. The number of allylic oxidation sites excluding steroid dienone is 6. The molecule has 1 atom stereocenters. The Labute approximate surface area is 91.6 Å². The zero-order valence-electron chi connectivity index (χ0n) is 9.20. The quantitative estimate of drug-likeness (QED) is 0.634. The van der Waals surface area contributed by atoms with Gasteiger partial charge in [-0.2, -0.15) is 0 Å². The lowest BCUT2D eigenvalue weighted by Crippen LogP contribution is -2.02. The topological polar surface area (TPSA) is 0 Å². The van der Waals surface area contributed by atoms with Crippen LogP contribution in [-0.2, 0) is 0 Å². The zero-order chi connectivity index (χ0) is 10.7. The minimum absolute atomic E-state index is 0.376. The van der Waals surface area contributed by atoms with E-state index in [-0.39, 0.29) is 0 Å². The van der Waals surface area contributed by atoms with Gasteiger partial charge in [0, 0.05) is 5.92 Å². The van der Waals surface area contributed by atoms with Crippen molar-refractivity contribution in [2.24, 2.45) is 0 Å². The fourth-order valence-corrected chi connectivity index (χ4v) is 1.88. The van der Waals surface area contributed by atoms with Crippen molar-refractivity contribution < 1.29 is 0 Å². The molecule has 15 heavy (non-hydrogen) atoms. The van der Waals surface area contributed by atoms with Crippen LogP contribution in [0.4, 0.5) is 0 Å². The van der Waals surface area contributed by atoms with E-state index in [0.717, 1.165) is 0 Å². The second-order valence-corrected chi connectivity index (χ2v) is 4.00. The number of hydrogen-bond acceptors (Lipinski definition) is 0. The second kappa shape index (κ2) is 4.31. The Morgan fingerprint density at radius 3 is 2.53 bits per heavy atom. The third kappa shape index (κ3) is 2.10. The molecule has 0 spiro atoms. The molecular weight excluding hydrogens is 180 g/mol. The molecule has 1 radical (unpaired) electrons. The first kappa shape index (κ1) is 9.97. The molecule has 1 unspecified atom stereocenters. The SMILES string of the molecule is CC(C)=C1[C]=CC=CC1c1ccccc1. The maximum absolute atomic E-state index is 3.33. The van der Waals surface area contributed by atoms with Gasteiger partial charge in [-0.15, -0.1) is 0 Å². The normalized spacial score (nSPS) is 19.3. The van der Waals surface area contributed by atoms with Crippen LogP contribution in [0.25, 0.3) is 0 Å². The van der Waals surface area contributed by atoms with E-state index in [1.807, 2.05) is 6.08 Å². The minimum Gasteiger partial charge on any atom is -0.0726 e. The maximum Gasteiger partial charge on any atom is 0.0278 e. The zero-order valence-corrected chi connectivity index (χ0v) is 9.20. The van der Waals surface area contributed by atoms with Gasteiger partial charge in [0.15, 0.2) is 0 Å². The molecular formula is C15H15. The Hall–Kier alpha value is -1.56. The van der Waals surface area contributed by atoms with E-state index >= 15 is 0 Å². The molecule has 1 aliphatic rings. The lowest BCUT2D eigenvalue weighted by molar-refractivity contribution is 0.978. The van der Waals surface area contributed by atoms with Crippen LogP contribution in [0.5, 0.6) is 0 Å². The molecule has 1 aliphatic carbocycles. The molecule has 0 saturated carbocycles. The molecule has 0 nitrogen and oxygen atoms in total. The minimum atomic E-state index is 0.376. The summed E-state index contributed by atoms with van der Waals surface area (Å²) in [7, 11) is 0. The highest BCUT2D eigenvalue weighted by atomic mass is 14.2. The third-order valence-corrected chi connectivity index (χ3v) is 2.65. The molecule has 0 fully saturated rings. The molecule has 0 heteroatoms. The van der Waals surface area contributed by atoms with Crippen molar-refractivity contribution in [3.05, 3.63) is 71.3 Å². The highest BCUT2D eigenvalue weighted by Gasteiger charge is 2.14. The van der Waals surface area contributed by atoms with Crippen molar-refractivity contribution in [1.82, 2.24) is 0 Å². The number of hydrogen-bond donors (Lipinski definition) is 0. The first-order valence-corrected chi connectivity index (χ1v) is 5.28. The average molecular weight is 195 g/mol. The van der Waals surface area contributed by atoms with Crippen molar-refractivity contribution in [3.63, 3.8) is 0 Å². The molecule has 0 amide bonds. The summed E-state index contributed by atoms with van der Waals surface area (Å²) in [6, 6.07) is 10.6. The van der Waals surface area contributed by atoms with Gasteiger partial charge in [-0.3, -0.25) is 0 Å². The highest BCUT2D eigenvalue weighted by Crippen LogP contribution is 2.30. The van der Waals surface area contributed by atoms with Gasteiger partial charge in [0.05, 0.1) is 0 Å². The maximum atomic E-state index is 3.33. The summed E-state index contributed by atoms with van der Waals surface area (Å²) in [6.07, 6.45) is 9.63. The first-order valence-electron chi connectivity index (χ1n) is 5.28. The summed E-state index contributed by atoms with van der Waals surface area (Å²) < 4.78 is 0. The summed E-state index contributed by atoms with van der Waals surface area (Å²) >= 11 is 0. The van der Waals surface area contributed by atoms with Gasteiger partial charge in [0.1, 0.15) is 0 Å². The van der Waals surface area contributed by atoms with Crippen LogP contribution in [0, 0.1) is 6.08 Å². The average Bonchev–Trinajstić information content (AvgIpc) is 2.30. The highest BCUT2D eigenvalue weighted by molar-refractivity contribution is 5.42. The molecule has 0 saturated heterocycles. The molecule has 0 aromatic heterocycles. The van der Waals surface area contributed by atoms with Gasteiger partial charge in [0.2, 0.25) is 0 Å². The molecule has 0 bridgehead atoms. The molecule has 2 rings (SSSR count). The van der Waals surface area contributed by atoms with Crippen molar-refractivity contribution in [1.29, 1.82) is 0 Å². The van der Waals surface area contributed by atoms with Gasteiger partial charge in [-0.1, -0.05) is 54.1 Å². The van der Waals surface area contributed by atoms with Gasteiger partial charge in [-0.25, -0.2) is 0 Å². The summed E-state index contributed by atoms with van der Waals surface area (Å²) in [5.41, 5.74) is 3.97. The first-order chi connectivity index (χ1) is 7.29. The van der Waals surface area contributed by atoms with Crippen molar-refractivity contribution >= 4 is 0 Å². The lowest BCUT2D eigenvalue weighted by Gasteiger charge is -2.18. The third-order valence-electron chi connectivity index (χ3n) is 2.65. The smallest absolute Gasteiger partial charge is 0.0278 e. The van der Waals surface area contributed by atoms with Crippen LogP contribution < -0.4 is 0 Å². The van der Waals surface area contributed by atoms with E-state index in [9.17, 15) is 0 Å². The monoisotopic (exact) mass is 195 g/mol. The Kier molecular flexibility index (Phi) is 2.86. The van der Waals surface area contributed by atoms with Crippen LogP contribution in [0.3, 0.4) is 0 Å². The number of rotatable bonds is 1. The predicted molar refractivity (Wildman–Crippen MR) is 64.5 cm³/mol. The van der Waals surface area contributed by atoms with Crippen molar-refractivity contribution in [2.75, 3.05) is 0 Å². The molecule has 0 heterocycles. The van der Waals surface area contributed by atoms with E-state index in [1.165, 1.54) is 16.7 Å². The lowest BCUT2D eigenvalue weighted by atomic mass is 9.86. The summed E-state index contributed by atoms with van der Waals surface area (Å²) in [5, 5.41) is 0. The predicted octanol–water partition coefficient (Wildman–Crippen LogP) is 4.04. The van der Waals surface area contributed by atoms with E-state index in [0.29, 0.717) is 5.92 Å². The summed E-state index contributed by atoms with van der Waals surface area (Å²) in [4.78, 5) is 0. The Bertz CT molecular complexity index is 415. The van der Waals surface area contributed by atoms with E-state index in [1.54, 1.807) is 0 Å². The summed E-state index contributed by atoms with van der Waals surface area (Å²) in [5.74, 6) is 0.376. The van der Waals surface area contributed by atoms with Gasteiger partial charge >= 0.3 is 0 Å². The van der Waals surface area contributed by atoms with E-state index in [4.69, 9.17) is 0 Å². The fraction of sp³-hybridized carbons (Fsp3) is 0.200. The standard InChI is InChI=1S/C15H15/c1-12(2)14-10-6-7-11-15(14)13-8-4-3-5-9-13/h3-9,11,15H,1-2H3. The molecule has 0 aliphatic heterocycles. The Morgan fingerprint density at radius 1 is 1.13 bits per heavy atom. The van der Waals surface area contributed by atoms with E-state index < -0.39 is 0 Å². The van der Waals surface area contributed by atoms with Gasteiger partial charge < -0.3 is 0 Å². The largest absolute Gasteiger partial charge is 0.0726 e. The molecule has 0 N–H and O–H groups in total. The van der Waals surface area contributed by atoms with Crippen LogP contribution >= 0.6 is 0 Å². The van der Waals surface area contributed by atoms with Gasteiger partial charge in [0.25, 0.3) is 0 Å². The molecule has 75 valence electrons. The van der Waals surface area contributed by atoms with Gasteiger partial charge in [-0.05, 0) is 31.1 Å². The van der Waals surface area contributed by atoms with Crippen molar-refractivity contribution in [2.45, 2.75) is 19.8 Å².